The van der Waals surface area contributed by atoms with Crippen molar-refractivity contribution in [3.05, 3.63) is 24.0 Å². The number of nitrogens with zero attached hydrogens (tertiary/aromatic N) is 2. The fourth-order valence-electron chi connectivity index (χ4n) is 1.16. The summed E-state index contributed by atoms with van der Waals surface area (Å²) in [6, 6.07) is 0. The number of hydrogen-bond donors (Lipinski definition) is 2. The smallest absolute Gasteiger partial charge is 0.244 e. The molecule has 5 heteroatoms. The molecule has 5 nitrogen and oxygen atoms in total. The van der Waals surface area contributed by atoms with Gasteiger partial charge in [-0.25, -0.2) is 0 Å². The van der Waals surface area contributed by atoms with Crippen molar-refractivity contribution < 1.29 is 9.90 Å². The Morgan fingerprint density at radius 2 is 2.41 bits per heavy atom. The van der Waals surface area contributed by atoms with Crippen LogP contribution >= 0.6 is 0 Å². The summed E-state index contributed by atoms with van der Waals surface area (Å²) in [6.45, 7) is 3.81. The van der Waals surface area contributed by atoms with Gasteiger partial charge in [-0.2, -0.15) is 5.10 Å². The van der Waals surface area contributed by atoms with Crippen LogP contribution in [0.15, 0.2) is 18.5 Å². The minimum atomic E-state index is -0.849. The lowest BCUT2D eigenvalue weighted by atomic mass is 10.0. The van der Waals surface area contributed by atoms with Crippen LogP contribution in [0.3, 0.4) is 0 Å². The first-order valence-corrected chi connectivity index (χ1v) is 5.60. The highest BCUT2D eigenvalue weighted by atomic mass is 16.3. The molecule has 1 aromatic rings. The standard InChI is InChI=1S/C12H19N3O2/c1-4-12(2,17)9-13-11(16)6-5-10-7-14-15(3)8-10/h5-8,17H,4,9H2,1-3H3,(H,13,16). The Labute approximate surface area is 101 Å². The summed E-state index contributed by atoms with van der Waals surface area (Å²) in [6.07, 6.45) is 7.20. The van der Waals surface area contributed by atoms with Crippen LogP contribution in [-0.4, -0.2) is 32.9 Å². The Morgan fingerprint density at radius 3 is 2.94 bits per heavy atom. The fraction of sp³-hybridized carbons (Fsp3) is 0.500. The Balaban J connectivity index is 2.42. The van der Waals surface area contributed by atoms with E-state index < -0.39 is 5.60 Å². The summed E-state index contributed by atoms with van der Waals surface area (Å²) in [5, 5.41) is 16.3. The number of hydrogen-bond acceptors (Lipinski definition) is 3. The highest BCUT2D eigenvalue weighted by Gasteiger charge is 2.17. The number of aromatic nitrogens is 2. The summed E-state index contributed by atoms with van der Waals surface area (Å²) in [5.74, 6) is -0.220. The van der Waals surface area contributed by atoms with Crippen LogP contribution in [0.5, 0.6) is 0 Å². The molecule has 1 atom stereocenters. The molecular formula is C12H19N3O2. The first kappa shape index (κ1) is 13.4. The number of nitrogens with one attached hydrogen (secondary N) is 1. The average Bonchev–Trinajstić information content (AvgIpc) is 2.70. The second kappa shape index (κ2) is 5.63. The minimum Gasteiger partial charge on any atom is -0.388 e. The van der Waals surface area contributed by atoms with E-state index >= 15 is 0 Å². The lowest BCUT2D eigenvalue weighted by Crippen LogP contribution is -2.39. The van der Waals surface area contributed by atoms with Gasteiger partial charge in [-0.1, -0.05) is 6.92 Å². The average molecular weight is 237 g/mol. The maximum Gasteiger partial charge on any atom is 0.244 e. The molecule has 0 aromatic carbocycles. The van der Waals surface area contributed by atoms with Gasteiger partial charge in [-0.05, 0) is 19.4 Å². The topological polar surface area (TPSA) is 67.2 Å². The number of carbonyl (C=O) groups is 1. The van der Waals surface area contributed by atoms with Crippen molar-refractivity contribution in [2.24, 2.45) is 7.05 Å². The molecule has 1 unspecified atom stereocenters. The van der Waals surface area contributed by atoms with E-state index in [9.17, 15) is 9.90 Å². The van der Waals surface area contributed by atoms with Crippen molar-refractivity contribution in [2.45, 2.75) is 25.9 Å². The monoisotopic (exact) mass is 237 g/mol. The first-order valence-electron chi connectivity index (χ1n) is 5.60. The van der Waals surface area contributed by atoms with Gasteiger partial charge in [0.1, 0.15) is 0 Å². The molecule has 1 rings (SSSR count). The maximum absolute atomic E-state index is 11.4. The van der Waals surface area contributed by atoms with Gasteiger partial charge in [-0.3, -0.25) is 9.48 Å². The second-order valence-electron chi connectivity index (χ2n) is 4.35. The number of aryl methyl sites for hydroxylation is 1. The molecule has 0 bridgehead atoms. The third-order valence-corrected chi connectivity index (χ3v) is 2.56. The zero-order valence-electron chi connectivity index (χ0n) is 10.5. The third-order valence-electron chi connectivity index (χ3n) is 2.56. The molecule has 1 aromatic heterocycles. The molecule has 0 radical (unpaired) electrons. The summed E-state index contributed by atoms with van der Waals surface area (Å²) in [5.41, 5.74) is 0.0162. The Kier molecular flexibility index (Phi) is 4.45. The summed E-state index contributed by atoms with van der Waals surface area (Å²) in [7, 11) is 1.82. The molecule has 1 heterocycles. The van der Waals surface area contributed by atoms with E-state index in [0.29, 0.717) is 6.42 Å². The molecule has 0 aliphatic carbocycles. The van der Waals surface area contributed by atoms with Gasteiger partial charge in [0.2, 0.25) is 5.91 Å². The van der Waals surface area contributed by atoms with Crippen LogP contribution < -0.4 is 5.32 Å². The lowest BCUT2D eigenvalue weighted by Gasteiger charge is -2.20. The van der Waals surface area contributed by atoms with Crippen molar-refractivity contribution in [3.8, 4) is 0 Å². The van der Waals surface area contributed by atoms with Crippen molar-refractivity contribution in [2.75, 3.05) is 6.54 Å². The summed E-state index contributed by atoms with van der Waals surface area (Å²) < 4.78 is 1.67. The Bertz CT molecular complexity index is 408. The second-order valence-corrected chi connectivity index (χ2v) is 4.35. The largest absolute Gasteiger partial charge is 0.388 e. The van der Waals surface area contributed by atoms with Gasteiger partial charge in [-0.15, -0.1) is 0 Å². The zero-order valence-corrected chi connectivity index (χ0v) is 10.5. The van der Waals surface area contributed by atoms with Crippen molar-refractivity contribution in [3.63, 3.8) is 0 Å². The molecule has 1 amide bonds. The molecule has 0 saturated heterocycles. The van der Waals surface area contributed by atoms with E-state index in [-0.39, 0.29) is 12.5 Å². The van der Waals surface area contributed by atoms with Gasteiger partial charge in [0.25, 0.3) is 0 Å². The first-order chi connectivity index (χ1) is 7.93. The van der Waals surface area contributed by atoms with E-state index in [2.05, 4.69) is 10.4 Å². The quantitative estimate of drug-likeness (QED) is 0.741. The molecule has 2 N–H and O–H groups in total. The SMILES string of the molecule is CCC(C)(O)CNC(=O)C=Cc1cnn(C)c1. The highest BCUT2D eigenvalue weighted by molar-refractivity contribution is 5.91. The van der Waals surface area contributed by atoms with Gasteiger partial charge >= 0.3 is 0 Å². The third kappa shape index (κ3) is 4.82. The number of aliphatic hydroxyl groups is 1. The predicted molar refractivity (Wildman–Crippen MR) is 66.2 cm³/mol. The molecule has 0 fully saturated rings. The molecule has 0 aliphatic heterocycles. The van der Waals surface area contributed by atoms with E-state index in [1.165, 1.54) is 6.08 Å². The zero-order chi connectivity index (χ0) is 12.9. The summed E-state index contributed by atoms with van der Waals surface area (Å²) in [4.78, 5) is 11.4. The maximum atomic E-state index is 11.4. The van der Waals surface area contributed by atoms with E-state index in [1.54, 1.807) is 23.9 Å². The van der Waals surface area contributed by atoms with Gasteiger partial charge < -0.3 is 10.4 Å². The van der Waals surface area contributed by atoms with Crippen LogP contribution in [0, 0.1) is 0 Å². The van der Waals surface area contributed by atoms with Crippen molar-refractivity contribution in [1.82, 2.24) is 15.1 Å². The van der Waals surface area contributed by atoms with Crippen LogP contribution in [0.4, 0.5) is 0 Å². The highest BCUT2D eigenvalue weighted by Crippen LogP contribution is 2.05. The molecule has 0 saturated carbocycles. The van der Waals surface area contributed by atoms with Crippen molar-refractivity contribution >= 4 is 12.0 Å². The van der Waals surface area contributed by atoms with Crippen LogP contribution in [0.2, 0.25) is 0 Å². The number of carbonyl (C=O) groups excluding carboxylic acids is 1. The van der Waals surface area contributed by atoms with Crippen LogP contribution in [0.25, 0.3) is 6.08 Å². The fourth-order valence-corrected chi connectivity index (χ4v) is 1.16. The Hall–Kier alpha value is -1.62. The molecule has 0 spiro atoms. The normalized spacial score (nSPS) is 14.8. The number of rotatable bonds is 5. The lowest BCUT2D eigenvalue weighted by molar-refractivity contribution is -0.117. The van der Waals surface area contributed by atoms with Gasteiger partial charge in [0.05, 0.1) is 11.8 Å². The molecule has 94 valence electrons. The minimum absolute atomic E-state index is 0.220. The summed E-state index contributed by atoms with van der Waals surface area (Å²) >= 11 is 0. The molecule has 0 aliphatic rings. The van der Waals surface area contributed by atoms with E-state index in [1.807, 2.05) is 20.2 Å². The van der Waals surface area contributed by atoms with E-state index in [4.69, 9.17) is 0 Å². The van der Waals surface area contributed by atoms with Crippen LogP contribution in [0.1, 0.15) is 25.8 Å². The number of amides is 1. The molecule has 17 heavy (non-hydrogen) atoms. The van der Waals surface area contributed by atoms with Crippen LogP contribution in [-0.2, 0) is 11.8 Å². The Morgan fingerprint density at radius 1 is 1.71 bits per heavy atom. The van der Waals surface area contributed by atoms with E-state index in [0.717, 1.165) is 5.56 Å². The predicted octanol–water partition coefficient (Wildman–Crippen LogP) is 0.710. The van der Waals surface area contributed by atoms with Gasteiger partial charge in [0.15, 0.2) is 0 Å². The van der Waals surface area contributed by atoms with Gasteiger partial charge in [0, 0.05) is 31.4 Å². The molecular weight excluding hydrogens is 218 g/mol. The van der Waals surface area contributed by atoms with Crippen molar-refractivity contribution in [1.29, 1.82) is 0 Å².